The van der Waals surface area contributed by atoms with Crippen LogP contribution in [0.2, 0.25) is 0 Å². The smallest absolute Gasteiger partial charge is 0.417 e. The van der Waals surface area contributed by atoms with E-state index in [2.05, 4.69) is 4.98 Å². The van der Waals surface area contributed by atoms with Gasteiger partial charge in [-0.3, -0.25) is 9.78 Å². The Kier molecular flexibility index (Phi) is 5.13. The molecule has 2 amide bonds. The molecular formula is C22H24N2O3. The van der Waals surface area contributed by atoms with Crippen molar-refractivity contribution in [2.75, 3.05) is 0 Å². The van der Waals surface area contributed by atoms with Gasteiger partial charge in [0, 0.05) is 24.5 Å². The minimum absolute atomic E-state index is 0.259. The monoisotopic (exact) mass is 364 g/mol. The molecule has 3 rings (SSSR count). The van der Waals surface area contributed by atoms with Crippen molar-refractivity contribution in [1.82, 2.24) is 9.88 Å². The van der Waals surface area contributed by atoms with Gasteiger partial charge in [-0.2, -0.15) is 0 Å². The Balaban J connectivity index is 1.79. The SMILES string of the molecule is C[C@H]1CC(c2ccc(-c3cccnc3)cc2)=CC(=O)N1C(=O)OC(C)(C)C. The van der Waals surface area contributed by atoms with Gasteiger partial charge in [-0.1, -0.05) is 30.3 Å². The summed E-state index contributed by atoms with van der Waals surface area (Å²) in [7, 11) is 0. The number of aromatic nitrogens is 1. The van der Waals surface area contributed by atoms with Gasteiger partial charge < -0.3 is 4.74 Å². The maximum absolute atomic E-state index is 12.5. The fourth-order valence-corrected chi connectivity index (χ4v) is 3.10. The van der Waals surface area contributed by atoms with E-state index in [-0.39, 0.29) is 11.9 Å². The van der Waals surface area contributed by atoms with Crippen LogP contribution in [0.3, 0.4) is 0 Å². The van der Waals surface area contributed by atoms with Crippen LogP contribution in [0.4, 0.5) is 4.79 Å². The van der Waals surface area contributed by atoms with E-state index in [0.717, 1.165) is 22.3 Å². The number of pyridine rings is 1. The summed E-state index contributed by atoms with van der Waals surface area (Å²) in [5.74, 6) is -0.339. The van der Waals surface area contributed by atoms with Crippen LogP contribution in [-0.4, -0.2) is 33.5 Å². The number of hydrogen-bond acceptors (Lipinski definition) is 4. The molecule has 0 bridgehead atoms. The lowest BCUT2D eigenvalue weighted by Crippen LogP contribution is -2.47. The number of carbonyl (C=O) groups is 2. The summed E-state index contributed by atoms with van der Waals surface area (Å²) in [5.41, 5.74) is 3.38. The molecule has 1 aliphatic heterocycles. The Morgan fingerprint density at radius 3 is 2.33 bits per heavy atom. The maximum Gasteiger partial charge on any atom is 0.417 e. The van der Waals surface area contributed by atoms with E-state index in [4.69, 9.17) is 4.74 Å². The third kappa shape index (κ3) is 4.42. The van der Waals surface area contributed by atoms with Crippen LogP contribution in [0.15, 0.2) is 54.9 Å². The number of hydrogen-bond donors (Lipinski definition) is 0. The number of ether oxygens (including phenoxy) is 1. The molecule has 0 unspecified atom stereocenters. The fraction of sp³-hybridized carbons (Fsp3) is 0.318. The van der Waals surface area contributed by atoms with E-state index in [1.165, 1.54) is 11.0 Å². The second kappa shape index (κ2) is 7.35. The average Bonchev–Trinajstić information content (AvgIpc) is 2.60. The lowest BCUT2D eigenvalue weighted by atomic mass is 9.93. The average molecular weight is 364 g/mol. The quantitative estimate of drug-likeness (QED) is 0.776. The topological polar surface area (TPSA) is 59.5 Å². The third-order valence-electron chi connectivity index (χ3n) is 4.33. The molecule has 1 aliphatic rings. The maximum atomic E-state index is 12.5. The lowest BCUT2D eigenvalue weighted by Gasteiger charge is -2.33. The molecule has 1 atom stereocenters. The van der Waals surface area contributed by atoms with Crippen molar-refractivity contribution < 1.29 is 14.3 Å². The van der Waals surface area contributed by atoms with Crippen LogP contribution < -0.4 is 0 Å². The Hall–Kier alpha value is -2.95. The van der Waals surface area contributed by atoms with Gasteiger partial charge in [-0.25, -0.2) is 9.69 Å². The Morgan fingerprint density at radius 2 is 1.78 bits per heavy atom. The molecule has 0 spiro atoms. The fourth-order valence-electron chi connectivity index (χ4n) is 3.10. The number of imide groups is 1. The van der Waals surface area contributed by atoms with Gasteiger partial charge in [-0.05, 0) is 62.4 Å². The van der Waals surface area contributed by atoms with Crippen molar-refractivity contribution in [2.45, 2.75) is 45.8 Å². The summed E-state index contributed by atoms with van der Waals surface area (Å²) in [4.78, 5) is 30.2. The molecule has 2 heterocycles. The van der Waals surface area contributed by atoms with Gasteiger partial charge in [0.25, 0.3) is 5.91 Å². The number of carbonyl (C=O) groups excluding carboxylic acids is 2. The lowest BCUT2D eigenvalue weighted by molar-refractivity contribution is -0.127. The summed E-state index contributed by atoms with van der Waals surface area (Å²) in [6.45, 7) is 7.22. The molecule has 0 saturated carbocycles. The Labute approximate surface area is 159 Å². The number of benzene rings is 1. The highest BCUT2D eigenvalue weighted by Gasteiger charge is 2.34. The van der Waals surface area contributed by atoms with Crippen molar-refractivity contribution in [1.29, 1.82) is 0 Å². The predicted molar refractivity (Wildman–Crippen MR) is 105 cm³/mol. The molecule has 0 N–H and O–H groups in total. The minimum atomic E-state index is -0.636. The van der Waals surface area contributed by atoms with Crippen LogP contribution in [0.1, 0.15) is 39.7 Å². The molecule has 5 nitrogen and oxygen atoms in total. The molecule has 0 fully saturated rings. The van der Waals surface area contributed by atoms with Gasteiger partial charge in [0.15, 0.2) is 0 Å². The standard InChI is InChI=1S/C22H24N2O3/c1-15-12-19(13-20(25)24(15)21(26)27-22(2,3)4)17-9-7-16(8-10-17)18-6-5-11-23-14-18/h5-11,13-15H,12H2,1-4H3/t15-/m0/s1. The summed E-state index contributed by atoms with van der Waals surface area (Å²) in [6, 6.07) is 11.7. The zero-order valence-electron chi connectivity index (χ0n) is 16.1. The highest BCUT2D eigenvalue weighted by Crippen LogP contribution is 2.29. The molecule has 1 aromatic carbocycles. The van der Waals surface area contributed by atoms with Crippen molar-refractivity contribution in [3.05, 3.63) is 60.4 Å². The number of amides is 2. The van der Waals surface area contributed by atoms with E-state index < -0.39 is 11.7 Å². The van der Waals surface area contributed by atoms with E-state index in [1.807, 2.05) is 49.5 Å². The van der Waals surface area contributed by atoms with Gasteiger partial charge in [0.05, 0.1) is 0 Å². The van der Waals surface area contributed by atoms with Crippen LogP contribution in [-0.2, 0) is 9.53 Å². The largest absolute Gasteiger partial charge is 0.443 e. The molecule has 2 aromatic rings. The summed E-state index contributed by atoms with van der Waals surface area (Å²) in [5, 5.41) is 0. The molecule has 140 valence electrons. The molecular weight excluding hydrogens is 340 g/mol. The first kappa shape index (κ1) is 18.8. The highest BCUT2D eigenvalue weighted by atomic mass is 16.6. The van der Waals surface area contributed by atoms with Crippen molar-refractivity contribution in [3.8, 4) is 11.1 Å². The second-order valence-corrected chi connectivity index (χ2v) is 7.73. The second-order valence-electron chi connectivity index (χ2n) is 7.73. The molecule has 0 saturated heterocycles. The zero-order valence-corrected chi connectivity index (χ0v) is 16.1. The summed E-state index contributed by atoms with van der Waals surface area (Å²) < 4.78 is 5.35. The van der Waals surface area contributed by atoms with Crippen molar-refractivity contribution in [2.24, 2.45) is 0 Å². The van der Waals surface area contributed by atoms with E-state index in [9.17, 15) is 9.59 Å². The van der Waals surface area contributed by atoms with Gasteiger partial charge in [0.2, 0.25) is 0 Å². The van der Waals surface area contributed by atoms with Gasteiger partial charge >= 0.3 is 6.09 Å². The van der Waals surface area contributed by atoms with E-state index in [1.54, 1.807) is 27.0 Å². The van der Waals surface area contributed by atoms with E-state index >= 15 is 0 Å². The van der Waals surface area contributed by atoms with E-state index in [0.29, 0.717) is 6.42 Å². The first-order chi connectivity index (χ1) is 12.7. The summed E-state index contributed by atoms with van der Waals surface area (Å²) >= 11 is 0. The van der Waals surface area contributed by atoms with Crippen LogP contribution in [0, 0.1) is 0 Å². The Bertz CT molecular complexity index is 865. The number of rotatable bonds is 2. The predicted octanol–water partition coefficient (Wildman–Crippen LogP) is 4.69. The molecule has 5 heteroatoms. The van der Waals surface area contributed by atoms with Crippen molar-refractivity contribution in [3.63, 3.8) is 0 Å². The number of nitrogens with zero attached hydrogens (tertiary/aromatic N) is 2. The van der Waals surface area contributed by atoms with Crippen molar-refractivity contribution >= 4 is 17.6 Å². The first-order valence-corrected chi connectivity index (χ1v) is 9.02. The third-order valence-corrected chi connectivity index (χ3v) is 4.33. The van der Waals surface area contributed by atoms with Crippen LogP contribution >= 0.6 is 0 Å². The molecule has 1 aromatic heterocycles. The normalized spacial score (nSPS) is 17.5. The highest BCUT2D eigenvalue weighted by molar-refractivity contribution is 6.05. The van der Waals surface area contributed by atoms with Crippen LogP contribution in [0.25, 0.3) is 16.7 Å². The van der Waals surface area contributed by atoms with Gasteiger partial charge in [-0.15, -0.1) is 0 Å². The summed E-state index contributed by atoms with van der Waals surface area (Å²) in [6.07, 6.45) is 5.09. The first-order valence-electron chi connectivity index (χ1n) is 9.02. The molecule has 27 heavy (non-hydrogen) atoms. The zero-order chi connectivity index (χ0) is 19.6. The molecule has 0 aliphatic carbocycles. The van der Waals surface area contributed by atoms with Crippen LogP contribution in [0.5, 0.6) is 0 Å². The Morgan fingerprint density at radius 1 is 1.11 bits per heavy atom. The van der Waals surface area contributed by atoms with Gasteiger partial charge in [0.1, 0.15) is 5.60 Å². The minimum Gasteiger partial charge on any atom is -0.443 e. The molecule has 0 radical (unpaired) electrons.